The van der Waals surface area contributed by atoms with E-state index in [2.05, 4.69) is 51.7 Å². The molecule has 6 rings (SSSR count). The third-order valence-electron chi connectivity index (χ3n) is 7.43. The maximum Gasteiger partial charge on any atom is 0.134 e. The second-order valence-corrected chi connectivity index (χ2v) is 9.70. The topological polar surface area (TPSA) is 85.6 Å². The first-order chi connectivity index (χ1) is 17.2. The number of morpholine rings is 1. The van der Waals surface area contributed by atoms with E-state index in [0.717, 1.165) is 54.3 Å². The van der Waals surface area contributed by atoms with E-state index >= 15 is 0 Å². The summed E-state index contributed by atoms with van der Waals surface area (Å²) in [5.41, 5.74) is 6.26. The number of nitrogens with one attached hydrogen (secondary N) is 2. The number of nitriles is 1. The fourth-order valence-electron chi connectivity index (χ4n) is 5.76. The van der Waals surface area contributed by atoms with Gasteiger partial charge in [0.15, 0.2) is 0 Å². The number of ether oxygens (including phenoxy) is 1. The van der Waals surface area contributed by atoms with Crippen LogP contribution in [0.4, 0.5) is 11.4 Å². The third kappa shape index (κ3) is 4.13. The standard InChI is InChI=1S/C28H30N6O/c1-18-16-34(25-8-7-20(14-29)27-22(25)5-3-11-31-27)17-26(35-18)28-32-15-23-21(4-2-6-24(23)33-28)19-9-12-30-13-10-19/h2-8,11,18-19,26,30H,9-10,12-13,15-17H2,1H3,(H,32,33)/t18-,26-/m1/s1. The summed E-state index contributed by atoms with van der Waals surface area (Å²) in [6, 6.07) is 16.7. The van der Waals surface area contributed by atoms with E-state index in [9.17, 15) is 5.26 Å². The molecule has 2 N–H and O–H groups in total. The molecule has 2 fully saturated rings. The Morgan fingerprint density at radius 1 is 1.09 bits per heavy atom. The van der Waals surface area contributed by atoms with Gasteiger partial charge in [-0.2, -0.15) is 5.26 Å². The van der Waals surface area contributed by atoms with Crippen molar-refractivity contribution in [3.8, 4) is 6.07 Å². The minimum atomic E-state index is -0.156. The highest BCUT2D eigenvalue weighted by molar-refractivity contribution is 5.96. The second-order valence-electron chi connectivity index (χ2n) is 9.70. The predicted molar refractivity (Wildman–Crippen MR) is 138 cm³/mol. The molecule has 35 heavy (non-hydrogen) atoms. The lowest BCUT2D eigenvalue weighted by Crippen LogP contribution is -2.53. The Bertz CT molecular complexity index is 1320. The molecule has 2 aromatic carbocycles. The molecular weight excluding hydrogens is 436 g/mol. The predicted octanol–water partition coefficient (Wildman–Crippen LogP) is 4.00. The van der Waals surface area contributed by atoms with Crippen molar-refractivity contribution in [3.05, 3.63) is 65.4 Å². The third-order valence-corrected chi connectivity index (χ3v) is 7.43. The van der Waals surface area contributed by atoms with Gasteiger partial charge in [0.25, 0.3) is 0 Å². The zero-order valence-corrected chi connectivity index (χ0v) is 20.0. The normalized spacial score (nSPS) is 22.7. The van der Waals surface area contributed by atoms with Crippen LogP contribution in [0.5, 0.6) is 0 Å². The first-order valence-corrected chi connectivity index (χ1v) is 12.5. The van der Waals surface area contributed by atoms with Crippen molar-refractivity contribution in [1.29, 1.82) is 5.26 Å². The quantitative estimate of drug-likeness (QED) is 0.607. The Hall–Kier alpha value is -3.47. The Morgan fingerprint density at radius 3 is 2.83 bits per heavy atom. The SMILES string of the molecule is C[C@@H]1CN(c2ccc(C#N)c3ncccc23)C[C@H](C2=Nc3cccc(C4CCNCC4)c3CN2)O1. The summed E-state index contributed by atoms with van der Waals surface area (Å²) < 4.78 is 6.38. The van der Waals surface area contributed by atoms with Gasteiger partial charge in [0.1, 0.15) is 18.0 Å². The van der Waals surface area contributed by atoms with E-state index in [1.807, 2.05) is 24.3 Å². The number of rotatable bonds is 3. The Kier molecular flexibility index (Phi) is 5.85. The molecule has 7 heteroatoms. The summed E-state index contributed by atoms with van der Waals surface area (Å²) in [5.74, 6) is 1.50. The Morgan fingerprint density at radius 2 is 1.97 bits per heavy atom. The molecule has 0 saturated carbocycles. The number of piperidine rings is 1. The number of amidine groups is 1. The molecule has 3 aliphatic rings. The summed E-state index contributed by atoms with van der Waals surface area (Å²) in [6.45, 7) is 6.52. The van der Waals surface area contributed by atoms with Crippen molar-refractivity contribution in [2.75, 3.05) is 31.1 Å². The fourth-order valence-corrected chi connectivity index (χ4v) is 5.76. The molecule has 0 aliphatic carbocycles. The minimum absolute atomic E-state index is 0.0445. The summed E-state index contributed by atoms with van der Waals surface area (Å²) in [4.78, 5) is 11.9. The maximum absolute atomic E-state index is 9.52. The van der Waals surface area contributed by atoms with Crippen LogP contribution in [-0.4, -0.2) is 49.2 Å². The summed E-state index contributed by atoms with van der Waals surface area (Å²) in [6.07, 6.45) is 3.99. The number of anilines is 1. The monoisotopic (exact) mass is 466 g/mol. The molecule has 0 spiro atoms. The number of aliphatic imine (C=N–C) groups is 1. The number of nitrogens with zero attached hydrogens (tertiary/aromatic N) is 4. The van der Waals surface area contributed by atoms with E-state index in [1.54, 1.807) is 6.20 Å². The number of hydrogen-bond donors (Lipinski definition) is 2. The first kappa shape index (κ1) is 22.0. The van der Waals surface area contributed by atoms with Gasteiger partial charge in [-0.3, -0.25) is 4.98 Å². The van der Waals surface area contributed by atoms with Crippen molar-refractivity contribution in [3.63, 3.8) is 0 Å². The Labute approximate surface area is 205 Å². The van der Waals surface area contributed by atoms with Crippen LogP contribution in [0, 0.1) is 11.3 Å². The summed E-state index contributed by atoms with van der Waals surface area (Å²) in [7, 11) is 0. The van der Waals surface area contributed by atoms with Crippen molar-refractivity contribution in [1.82, 2.24) is 15.6 Å². The average Bonchev–Trinajstić information content (AvgIpc) is 2.92. The lowest BCUT2D eigenvalue weighted by molar-refractivity contribution is 0.0188. The van der Waals surface area contributed by atoms with Crippen LogP contribution < -0.4 is 15.5 Å². The van der Waals surface area contributed by atoms with Gasteiger partial charge >= 0.3 is 0 Å². The number of hydrogen-bond acceptors (Lipinski definition) is 7. The molecule has 0 amide bonds. The smallest absolute Gasteiger partial charge is 0.134 e. The van der Waals surface area contributed by atoms with Gasteiger partial charge < -0.3 is 20.3 Å². The molecule has 0 unspecified atom stereocenters. The molecule has 2 atom stereocenters. The summed E-state index contributed by atoms with van der Waals surface area (Å²) >= 11 is 0. The van der Waals surface area contributed by atoms with Gasteiger partial charge in [0, 0.05) is 35.9 Å². The molecule has 0 radical (unpaired) electrons. The van der Waals surface area contributed by atoms with Crippen LogP contribution in [0.25, 0.3) is 10.9 Å². The maximum atomic E-state index is 9.52. The zero-order chi connectivity index (χ0) is 23.8. The summed E-state index contributed by atoms with van der Waals surface area (Å²) in [5, 5.41) is 17.6. The molecule has 2 saturated heterocycles. The molecule has 1 aromatic heterocycles. The largest absolute Gasteiger partial charge is 0.367 e. The first-order valence-electron chi connectivity index (χ1n) is 12.5. The van der Waals surface area contributed by atoms with E-state index in [-0.39, 0.29) is 12.2 Å². The minimum Gasteiger partial charge on any atom is -0.367 e. The van der Waals surface area contributed by atoms with Crippen LogP contribution in [0.3, 0.4) is 0 Å². The van der Waals surface area contributed by atoms with E-state index < -0.39 is 0 Å². The van der Waals surface area contributed by atoms with Crippen molar-refractivity contribution in [2.45, 2.75) is 44.4 Å². The Balaban J connectivity index is 1.30. The number of aromatic nitrogens is 1. The van der Waals surface area contributed by atoms with E-state index in [0.29, 0.717) is 18.0 Å². The lowest BCUT2D eigenvalue weighted by Gasteiger charge is -2.40. The van der Waals surface area contributed by atoms with Gasteiger partial charge in [0.2, 0.25) is 0 Å². The second kappa shape index (κ2) is 9.29. The van der Waals surface area contributed by atoms with E-state index in [1.165, 1.54) is 24.0 Å². The molecule has 3 aliphatic heterocycles. The van der Waals surface area contributed by atoms with Gasteiger partial charge in [0.05, 0.1) is 29.4 Å². The number of pyridine rings is 1. The molecular formula is C28H30N6O. The fraction of sp³-hybridized carbons (Fsp3) is 0.393. The van der Waals surface area contributed by atoms with Crippen molar-refractivity contribution >= 4 is 28.1 Å². The number of benzene rings is 2. The zero-order valence-electron chi connectivity index (χ0n) is 20.0. The lowest BCUT2D eigenvalue weighted by atomic mass is 9.86. The van der Waals surface area contributed by atoms with Gasteiger partial charge in [-0.05, 0) is 74.7 Å². The molecule has 4 heterocycles. The molecule has 7 nitrogen and oxygen atoms in total. The van der Waals surface area contributed by atoms with Crippen LogP contribution in [0.15, 0.2) is 53.7 Å². The number of fused-ring (bicyclic) bond motifs is 2. The highest BCUT2D eigenvalue weighted by atomic mass is 16.5. The highest BCUT2D eigenvalue weighted by Gasteiger charge is 2.32. The van der Waals surface area contributed by atoms with Gasteiger partial charge in [-0.25, -0.2) is 4.99 Å². The van der Waals surface area contributed by atoms with Crippen LogP contribution >= 0.6 is 0 Å². The van der Waals surface area contributed by atoms with Crippen molar-refractivity contribution < 1.29 is 4.74 Å². The average molecular weight is 467 g/mol. The van der Waals surface area contributed by atoms with Crippen LogP contribution in [-0.2, 0) is 11.3 Å². The van der Waals surface area contributed by atoms with Crippen molar-refractivity contribution in [2.24, 2.45) is 4.99 Å². The van der Waals surface area contributed by atoms with Crippen LogP contribution in [0.1, 0.15) is 42.4 Å². The van der Waals surface area contributed by atoms with E-state index in [4.69, 9.17) is 9.73 Å². The highest BCUT2D eigenvalue weighted by Crippen LogP contribution is 2.36. The van der Waals surface area contributed by atoms with Gasteiger partial charge in [-0.15, -0.1) is 0 Å². The van der Waals surface area contributed by atoms with Crippen LogP contribution in [0.2, 0.25) is 0 Å². The molecule has 178 valence electrons. The van der Waals surface area contributed by atoms with Gasteiger partial charge in [-0.1, -0.05) is 12.1 Å². The molecule has 3 aromatic rings. The molecule has 0 bridgehead atoms.